The maximum absolute atomic E-state index is 11.5. The van der Waals surface area contributed by atoms with Crippen LogP contribution in [-0.2, 0) is 18.7 Å². The van der Waals surface area contributed by atoms with Crippen molar-refractivity contribution < 1.29 is 18.7 Å². The van der Waals surface area contributed by atoms with E-state index in [0.29, 0.717) is 13.0 Å². The fraction of sp³-hybridized carbons (Fsp3) is 0.923. The van der Waals surface area contributed by atoms with Gasteiger partial charge in [-0.1, -0.05) is 20.8 Å². The summed E-state index contributed by atoms with van der Waals surface area (Å²) >= 11 is 0. The van der Waals surface area contributed by atoms with Crippen molar-refractivity contribution >= 4 is 14.3 Å². The number of rotatable bonds is 3. The van der Waals surface area contributed by atoms with Gasteiger partial charge in [0.25, 0.3) is 0 Å². The molecule has 1 saturated heterocycles. The Balaban J connectivity index is 2.60. The lowest BCUT2D eigenvalue weighted by atomic mass is 10.1. The van der Waals surface area contributed by atoms with Crippen LogP contribution in [0.4, 0.5) is 0 Å². The summed E-state index contributed by atoms with van der Waals surface area (Å²) in [5, 5.41) is 0.187. The Morgan fingerprint density at radius 2 is 1.94 bits per heavy atom. The quantitative estimate of drug-likeness (QED) is 0.586. The number of carbonyl (C=O) groups is 1. The third kappa shape index (κ3) is 3.80. The van der Waals surface area contributed by atoms with Gasteiger partial charge in [0.2, 0.25) is 0 Å². The highest BCUT2D eigenvalue weighted by molar-refractivity contribution is 6.74. The monoisotopic (exact) mass is 274 g/mol. The first-order valence-corrected chi connectivity index (χ1v) is 9.45. The molecule has 106 valence electrons. The largest absolute Gasteiger partial charge is 0.467 e. The van der Waals surface area contributed by atoms with Gasteiger partial charge in [-0.3, -0.25) is 0 Å². The standard InChI is InChI=1S/C13H26O4Si/c1-13(2,3)18(5,6)17-10-7-8-16-11(9-10)12(14)15-4/h10-11H,7-9H2,1-6H3/t10-,11+/m0/s1. The lowest BCUT2D eigenvalue weighted by molar-refractivity contribution is -0.160. The van der Waals surface area contributed by atoms with Gasteiger partial charge in [-0.05, 0) is 24.6 Å². The Hall–Kier alpha value is -0.393. The molecule has 0 amide bonds. The van der Waals surface area contributed by atoms with Crippen LogP contribution in [0, 0.1) is 0 Å². The molecule has 0 aromatic carbocycles. The predicted molar refractivity (Wildman–Crippen MR) is 73.1 cm³/mol. The van der Waals surface area contributed by atoms with Crippen molar-refractivity contribution in [2.75, 3.05) is 13.7 Å². The molecule has 2 atom stereocenters. The Bertz CT molecular complexity index is 296. The van der Waals surface area contributed by atoms with Gasteiger partial charge in [-0.15, -0.1) is 0 Å². The van der Waals surface area contributed by atoms with Crippen LogP contribution in [0.25, 0.3) is 0 Å². The molecule has 0 unspecified atom stereocenters. The first-order chi connectivity index (χ1) is 8.17. The van der Waals surface area contributed by atoms with E-state index in [-0.39, 0.29) is 17.1 Å². The van der Waals surface area contributed by atoms with E-state index in [4.69, 9.17) is 13.9 Å². The smallest absolute Gasteiger partial charge is 0.335 e. The molecule has 1 fully saturated rings. The SMILES string of the molecule is COC(=O)[C@H]1C[C@@H](O[Si](C)(C)C(C)(C)C)CCO1. The van der Waals surface area contributed by atoms with E-state index < -0.39 is 14.4 Å². The van der Waals surface area contributed by atoms with E-state index in [1.54, 1.807) is 0 Å². The van der Waals surface area contributed by atoms with E-state index >= 15 is 0 Å². The molecule has 0 aliphatic carbocycles. The molecule has 0 aromatic heterocycles. The van der Waals surface area contributed by atoms with Crippen molar-refractivity contribution in [3.05, 3.63) is 0 Å². The van der Waals surface area contributed by atoms with Gasteiger partial charge >= 0.3 is 5.97 Å². The molecule has 18 heavy (non-hydrogen) atoms. The van der Waals surface area contributed by atoms with Crippen LogP contribution in [-0.4, -0.2) is 40.2 Å². The number of ether oxygens (including phenoxy) is 2. The van der Waals surface area contributed by atoms with Gasteiger partial charge in [0, 0.05) is 6.42 Å². The van der Waals surface area contributed by atoms with E-state index in [1.807, 2.05) is 0 Å². The van der Waals surface area contributed by atoms with E-state index in [9.17, 15) is 4.79 Å². The molecule has 4 nitrogen and oxygen atoms in total. The number of hydrogen-bond acceptors (Lipinski definition) is 4. The molecule has 1 heterocycles. The Labute approximate surface area is 111 Å². The minimum absolute atomic E-state index is 0.115. The van der Waals surface area contributed by atoms with Crippen LogP contribution in [0.1, 0.15) is 33.6 Å². The molecule has 0 N–H and O–H groups in total. The third-order valence-corrected chi connectivity index (χ3v) is 8.50. The molecule has 1 rings (SSSR count). The fourth-order valence-electron chi connectivity index (χ4n) is 1.76. The minimum atomic E-state index is -1.77. The zero-order valence-corrected chi connectivity index (χ0v) is 13.4. The van der Waals surface area contributed by atoms with Gasteiger partial charge in [0.15, 0.2) is 14.4 Å². The maximum atomic E-state index is 11.5. The zero-order chi connectivity index (χ0) is 14.0. The number of carbonyl (C=O) groups excluding carboxylic acids is 1. The molecular formula is C13H26O4Si. The van der Waals surface area contributed by atoms with Crippen molar-refractivity contribution in [1.82, 2.24) is 0 Å². The Morgan fingerprint density at radius 3 is 2.44 bits per heavy atom. The van der Waals surface area contributed by atoms with Crippen molar-refractivity contribution in [2.24, 2.45) is 0 Å². The second kappa shape index (κ2) is 5.71. The van der Waals surface area contributed by atoms with E-state index in [0.717, 1.165) is 6.42 Å². The molecular weight excluding hydrogens is 248 g/mol. The number of esters is 1. The van der Waals surface area contributed by atoms with Crippen LogP contribution >= 0.6 is 0 Å². The van der Waals surface area contributed by atoms with Gasteiger partial charge in [-0.2, -0.15) is 0 Å². The summed E-state index contributed by atoms with van der Waals surface area (Å²) in [7, 11) is -0.382. The second-order valence-corrected chi connectivity index (χ2v) is 11.2. The molecule has 1 aliphatic heterocycles. The molecule has 0 saturated carbocycles. The normalized spacial score (nSPS) is 25.9. The first-order valence-electron chi connectivity index (χ1n) is 6.54. The highest BCUT2D eigenvalue weighted by Crippen LogP contribution is 2.38. The number of methoxy groups -OCH3 is 1. The summed E-state index contributed by atoms with van der Waals surface area (Å²) in [6.07, 6.45) is 1.13. The highest BCUT2D eigenvalue weighted by Gasteiger charge is 2.41. The third-order valence-electron chi connectivity index (χ3n) is 3.97. The summed E-state index contributed by atoms with van der Waals surface area (Å²) in [5.41, 5.74) is 0. The van der Waals surface area contributed by atoms with Gasteiger partial charge in [0.1, 0.15) is 0 Å². The van der Waals surface area contributed by atoms with Gasteiger partial charge in [0.05, 0.1) is 19.8 Å². The summed E-state index contributed by atoms with van der Waals surface area (Å²) in [6.45, 7) is 11.7. The highest BCUT2D eigenvalue weighted by atomic mass is 28.4. The Morgan fingerprint density at radius 1 is 1.33 bits per heavy atom. The molecule has 1 aliphatic rings. The number of hydrogen-bond donors (Lipinski definition) is 0. The summed E-state index contributed by atoms with van der Waals surface area (Å²) in [5.74, 6) is -0.293. The lowest BCUT2D eigenvalue weighted by Gasteiger charge is -2.41. The van der Waals surface area contributed by atoms with Crippen LogP contribution in [0.5, 0.6) is 0 Å². The first kappa shape index (κ1) is 15.7. The van der Waals surface area contributed by atoms with Crippen molar-refractivity contribution in [2.45, 2.75) is 64.0 Å². The zero-order valence-electron chi connectivity index (χ0n) is 12.4. The second-order valence-electron chi connectivity index (χ2n) is 6.41. The lowest BCUT2D eigenvalue weighted by Crippen LogP contribution is -2.47. The average Bonchev–Trinajstić information content (AvgIpc) is 2.26. The average molecular weight is 274 g/mol. The molecule has 5 heteroatoms. The van der Waals surface area contributed by atoms with Gasteiger partial charge in [-0.25, -0.2) is 4.79 Å². The fourth-order valence-corrected chi connectivity index (χ4v) is 3.16. The molecule has 0 bridgehead atoms. The summed E-state index contributed by atoms with van der Waals surface area (Å²) in [4.78, 5) is 11.5. The minimum Gasteiger partial charge on any atom is -0.467 e. The van der Waals surface area contributed by atoms with Crippen LogP contribution in [0.2, 0.25) is 18.1 Å². The molecule has 0 radical (unpaired) electrons. The topological polar surface area (TPSA) is 44.8 Å². The van der Waals surface area contributed by atoms with E-state index in [1.165, 1.54) is 7.11 Å². The molecule has 0 aromatic rings. The van der Waals surface area contributed by atoms with Crippen LogP contribution < -0.4 is 0 Å². The van der Waals surface area contributed by atoms with Crippen LogP contribution in [0.3, 0.4) is 0 Å². The predicted octanol–water partition coefficient (Wildman–Crippen LogP) is 2.73. The summed E-state index contributed by atoms with van der Waals surface area (Å²) in [6, 6.07) is 0. The van der Waals surface area contributed by atoms with Gasteiger partial charge < -0.3 is 13.9 Å². The van der Waals surface area contributed by atoms with E-state index in [2.05, 4.69) is 33.9 Å². The van der Waals surface area contributed by atoms with Crippen molar-refractivity contribution in [1.29, 1.82) is 0 Å². The van der Waals surface area contributed by atoms with Crippen LogP contribution in [0.15, 0.2) is 0 Å². The maximum Gasteiger partial charge on any atom is 0.335 e. The van der Waals surface area contributed by atoms with Crippen molar-refractivity contribution in [3.8, 4) is 0 Å². The summed E-state index contributed by atoms with van der Waals surface area (Å²) < 4.78 is 16.5. The van der Waals surface area contributed by atoms with Crippen molar-refractivity contribution in [3.63, 3.8) is 0 Å². The molecule has 0 spiro atoms. The Kier molecular flexibility index (Phi) is 4.97.